The van der Waals surface area contributed by atoms with Crippen molar-refractivity contribution in [2.45, 2.75) is 13.0 Å². The molecular formula is C15H19N3O3. The molecule has 1 heterocycles. The predicted octanol–water partition coefficient (Wildman–Crippen LogP) is 1.50. The van der Waals surface area contributed by atoms with Gasteiger partial charge in [-0.25, -0.2) is 4.98 Å². The van der Waals surface area contributed by atoms with Crippen molar-refractivity contribution >= 4 is 22.5 Å². The summed E-state index contributed by atoms with van der Waals surface area (Å²) in [5.41, 5.74) is 0. The molecule has 21 heavy (non-hydrogen) atoms. The van der Waals surface area contributed by atoms with E-state index >= 15 is 0 Å². The fourth-order valence-electron chi connectivity index (χ4n) is 1.97. The number of methoxy groups -OCH3 is 1. The van der Waals surface area contributed by atoms with Crippen molar-refractivity contribution in [2.24, 2.45) is 0 Å². The van der Waals surface area contributed by atoms with Crippen molar-refractivity contribution < 1.29 is 14.6 Å². The molecule has 3 N–H and O–H groups in total. The third-order valence-corrected chi connectivity index (χ3v) is 3.10. The van der Waals surface area contributed by atoms with Gasteiger partial charge in [0.25, 0.3) is 0 Å². The van der Waals surface area contributed by atoms with E-state index in [-0.39, 0.29) is 11.7 Å². The average molecular weight is 289 g/mol. The number of hydrogen-bond acceptors (Lipinski definition) is 5. The zero-order valence-corrected chi connectivity index (χ0v) is 12.1. The normalized spacial score (nSPS) is 12.1. The molecule has 1 amide bonds. The lowest BCUT2D eigenvalue weighted by atomic mass is 10.1. The lowest BCUT2D eigenvalue weighted by molar-refractivity contribution is -0.121. The van der Waals surface area contributed by atoms with Gasteiger partial charge in [-0.15, -0.1) is 0 Å². The minimum Gasteiger partial charge on any atom is -0.508 e. The molecule has 0 radical (unpaired) electrons. The van der Waals surface area contributed by atoms with Gasteiger partial charge < -0.3 is 20.5 Å². The molecule has 0 saturated carbocycles. The van der Waals surface area contributed by atoms with Gasteiger partial charge >= 0.3 is 0 Å². The maximum Gasteiger partial charge on any atom is 0.242 e. The molecule has 112 valence electrons. The first-order chi connectivity index (χ1) is 10.1. The largest absolute Gasteiger partial charge is 0.508 e. The number of carbonyl (C=O) groups is 1. The number of phenolic OH excluding ortho intramolecular Hbond substituents is 1. The zero-order valence-electron chi connectivity index (χ0n) is 12.1. The number of carbonyl (C=O) groups excluding carboxylic acids is 1. The van der Waals surface area contributed by atoms with E-state index in [2.05, 4.69) is 15.6 Å². The van der Waals surface area contributed by atoms with E-state index < -0.39 is 6.04 Å². The number of benzene rings is 1. The quantitative estimate of drug-likeness (QED) is 0.702. The Bertz CT molecular complexity index is 631. The second kappa shape index (κ2) is 6.90. The number of anilines is 1. The van der Waals surface area contributed by atoms with Crippen molar-refractivity contribution in [3.05, 3.63) is 30.5 Å². The highest BCUT2D eigenvalue weighted by Crippen LogP contribution is 2.25. The number of fused-ring (bicyclic) bond motifs is 1. The third-order valence-electron chi connectivity index (χ3n) is 3.10. The van der Waals surface area contributed by atoms with Gasteiger partial charge in [0.05, 0.1) is 6.61 Å². The summed E-state index contributed by atoms with van der Waals surface area (Å²) in [4.78, 5) is 16.2. The Balaban J connectivity index is 2.12. The monoisotopic (exact) mass is 289 g/mol. The first kappa shape index (κ1) is 15.1. The Morgan fingerprint density at radius 2 is 2.24 bits per heavy atom. The predicted molar refractivity (Wildman–Crippen MR) is 81.4 cm³/mol. The fraction of sp³-hybridized carbons (Fsp3) is 0.333. The third kappa shape index (κ3) is 3.82. The van der Waals surface area contributed by atoms with Crippen molar-refractivity contribution in [2.75, 3.05) is 25.6 Å². The van der Waals surface area contributed by atoms with Gasteiger partial charge in [0, 0.05) is 25.2 Å². The van der Waals surface area contributed by atoms with E-state index in [0.29, 0.717) is 19.0 Å². The Morgan fingerprint density at radius 1 is 1.43 bits per heavy atom. The lowest BCUT2D eigenvalue weighted by Gasteiger charge is -2.16. The maximum absolute atomic E-state index is 11.9. The lowest BCUT2D eigenvalue weighted by Crippen LogP contribution is -2.39. The Morgan fingerprint density at radius 3 is 3.00 bits per heavy atom. The number of amides is 1. The molecule has 0 bridgehead atoms. The van der Waals surface area contributed by atoms with E-state index in [4.69, 9.17) is 4.74 Å². The summed E-state index contributed by atoms with van der Waals surface area (Å²) < 4.78 is 4.89. The number of hydrogen-bond donors (Lipinski definition) is 3. The zero-order chi connectivity index (χ0) is 15.2. The maximum atomic E-state index is 11.9. The van der Waals surface area contributed by atoms with Crippen LogP contribution in [0.25, 0.3) is 10.8 Å². The van der Waals surface area contributed by atoms with Gasteiger partial charge in [-0.1, -0.05) is 6.07 Å². The number of aromatic hydroxyl groups is 1. The van der Waals surface area contributed by atoms with E-state index in [9.17, 15) is 9.90 Å². The highest BCUT2D eigenvalue weighted by atomic mass is 16.5. The number of aromatic nitrogens is 1. The van der Waals surface area contributed by atoms with Crippen LogP contribution in [-0.2, 0) is 9.53 Å². The van der Waals surface area contributed by atoms with E-state index in [0.717, 1.165) is 10.8 Å². The molecule has 6 nitrogen and oxygen atoms in total. The van der Waals surface area contributed by atoms with Gasteiger partial charge in [0.2, 0.25) is 5.91 Å². The highest BCUT2D eigenvalue weighted by molar-refractivity contribution is 5.94. The molecule has 1 atom stereocenters. The molecule has 6 heteroatoms. The molecule has 1 aromatic heterocycles. The minimum atomic E-state index is -0.442. The summed E-state index contributed by atoms with van der Waals surface area (Å²) in [6, 6.07) is 6.46. The summed E-state index contributed by atoms with van der Waals surface area (Å²) in [6.45, 7) is 2.69. The number of nitrogens with one attached hydrogen (secondary N) is 2. The van der Waals surface area contributed by atoms with Crippen LogP contribution in [0.15, 0.2) is 30.5 Å². The summed E-state index contributed by atoms with van der Waals surface area (Å²) in [5, 5.41) is 17.1. The van der Waals surface area contributed by atoms with Crippen LogP contribution < -0.4 is 10.6 Å². The van der Waals surface area contributed by atoms with Crippen LogP contribution in [0.5, 0.6) is 5.75 Å². The molecule has 0 saturated heterocycles. The standard InChI is InChI=1S/C15H19N3O3/c1-10(15(20)17-7-8-21-2)18-14-13-9-12(19)4-3-11(13)5-6-16-14/h3-6,9-10,19H,7-8H2,1-2H3,(H,16,18)(H,17,20). The van der Waals surface area contributed by atoms with Crippen LogP contribution in [0.2, 0.25) is 0 Å². The van der Waals surface area contributed by atoms with Gasteiger partial charge in [-0.05, 0) is 30.5 Å². The summed E-state index contributed by atoms with van der Waals surface area (Å²) in [6.07, 6.45) is 1.66. The molecule has 0 aliphatic carbocycles. The summed E-state index contributed by atoms with van der Waals surface area (Å²) >= 11 is 0. The fourth-order valence-corrected chi connectivity index (χ4v) is 1.97. The van der Waals surface area contributed by atoms with E-state index in [1.54, 1.807) is 38.4 Å². The highest BCUT2D eigenvalue weighted by Gasteiger charge is 2.14. The molecule has 0 aliphatic rings. The topological polar surface area (TPSA) is 83.5 Å². The van der Waals surface area contributed by atoms with Crippen molar-refractivity contribution in [3.8, 4) is 5.75 Å². The van der Waals surface area contributed by atoms with Gasteiger partial charge in [-0.3, -0.25) is 4.79 Å². The SMILES string of the molecule is COCCNC(=O)C(C)Nc1nccc2ccc(O)cc12. The molecule has 1 aromatic carbocycles. The number of pyridine rings is 1. The van der Waals surface area contributed by atoms with E-state index in [1.165, 1.54) is 0 Å². The van der Waals surface area contributed by atoms with Crippen molar-refractivity contribution in [3.63, 3.8) is 0 Å². The van der Waals surface area contributed by atoms with E-state index in [1.807, 2.05) is 6.07 Å². The minimum absolute atomic E-state index is 0.133. The molecule has 2 aromatic rings. The first-order valence-corrected chi connectivity index (χ1v) is 6.72. The van der Waals surface area contributed by atoms with Crippen LogP contribution in [0.3, 0.4) is 0 Å². The Hall–Kier alpha value is -2.34. The molecule has 0 aliphatic heterocycles. The number of rotatable bonds is 6. The van der Waals surface area contributed by atoms with Crippen LogP contribution in [0, 0.1) is 0 Å². The van der Waals surface area contributed by atoms with Crippen LogP contribution in [0.1, 0.15) is 6.92 Å². The summed E-state index contributed by atoms with van der Waals surface area (Å²) in [5.74, 6) is 0.597. The smallest absolute Gasteiger partial charge is 0.242 e. The van der Waals surface area contributed by atoms with Gasteiger partial charge in [0.15, 0.2) is 0 Å². The van der Waals surface area contributed by atoms with Crippen LogP contribution in [0.4, 0.5) is 5.82 Å². The molecular weight excluding hydrogens is 270 g/mol. The first-order valence-electron chi connectivity index (χ1n) is 6.72. The number of nitrogens with zero attached hydrogens (tertiary/aromatic N) is 1. The van der Waals surface area contributed by atoms with Crippen molar-refractivity contribution in [1.82, 2.24) is 10.3 Å². The Kier molecular flexibility index (Phi) is 4.94. The van der Waals surface area contributed by atoms with Gasteiger partial charge in [-0.2, -0.15) is 0 Å². The molecule has 0 spiro atoms. The number of phenols is 1. The summed E-state index contributed by atoms with van der Waals surface area (Å²) in [7, 11) is 1.58. The van der Waals surface area contributed by atoms with Crippen LogP contribution in [-0.4, -0.2) is 42.3 Å². The molecule has 2 rings (SSSR count). The number of ether oxygens (including phenoxy) is 1. The second-order valence-electron chi connectivity index (χ2n) is 4.71. The molecule has 1 unspecified atom stereocenters. The second-order valence-corrected chi connectivity index (χ2v) is 4.71. The van der Waals surface area contributed by atoms with Gasteiger partial charge in [0.1, 0.15) is 17.6 Å². The van der Waals surface area contributed by atoms with Crippen molar-refractivity contribution in [1.29, 1.82) is 0 Å². The Labute approximate surface area is 123 Å². The molecule has 0 fully saturated rings. The van der Waals surface area contributed by atoms with Crippen LogP contribution >= 0.6 is 0 Å². The average Bonchev–Trinajstić information content (AvgIpc) is 2.48.